The molecule has 0 aliphatic rings. The third kappa shape index (κ3) is 8.73. The van der Waals surface area contributed by atoms with Gasteiger partial charge in [-0.2, -0.15) is 8.42 Å². The average Bonchev–Trinajstić information content (AvgIpc) is 2.22. The fourth-order valence-corrected chi connectivity index (χ4v) is 1.79. The molecule has 0 aromatic heterocycles. The molecule has 0 spiro atoms. The predicted molar refractivity (Wildman–Crippen MR) is 77.5 cm³/mol. The van der Waals surface area contributed by atoms with E-state index in [9.17, 15) is 8.42 Å². The SMILES string of the molecule is C=CC.C=CC.Cc1ccc(C)c(S(=O)(=O)O)c1. The van der Waals surface area contributed by atoms with Crippen molar-refractivity contribution < 1.29 is 13.0 Å². The molecule has 4 heteroatoms. The van der Waals surface area contributed by atoms with Crippen molar-refractivity contribution in [1.82, 2.24) is 0 Å². The van der Waals surface area contributed by atoms with E-state index in [1.165, 1.54) is 6.07 Å². The fourth-order valence-electron chi connectivity index (χ4n) is 0.985. The Morgan fingerprint density at radius 2 is 1.50 bits per heavy atom. The molecule has 1 N–H and O–H groups in total. The van der Waals surface area contributed by atoms with Gasteiger partial charge in [0.15, 0.2) is 0 Å². The summed E-state index contributed by atoms with van der Waals surface area (Å²) in [5.74, 6) is 0. The van der Waals surface area contributed by atoms with Crippen LogP contribution in [0, 0.1) is 13.8 Å². The molecule has 1 aromatic rings. The van der Waals surface area contributed by atoms with Crippen LogP contribution in [0.5, 0.6) is 0 Å². The normalized spacial score (nSPS) is 9.17. The van der Waals surface area contributed by atoms with Gasteiger partial charge < -0.3 is 0 Å². The van der Waals surface area contributed by atoms with Crippen molar-refractivity contribution in [2.45, 2.75) is 32.6 Å². The fraction of sp³-hybridized carbons (Fsp3) is 0.286. The highest BCUT2D eigenvalue weighted by atomic mass is 32.2. The van der Waals surface area contributed by atoms with Crippen molar-refractivity contribution in [1.29, 1.82) is 0 Å². The number of aryl methyl sites for hydroxylation is 2. The van der Waals surface area contributed by atoms with Gasteiger partial charge in [-0.15, -0.1) is 13.2 Å². The van der Waals surface area contributed by atoms with Gasteiger partial charge in [-0.25, -0.2) is 0 Å². The Hall–Kier alpha value is -1.39. The van der Waals surface area contributed by atoms with E-state index in [0.717, 1.165) is 5.56 Å². The molecular weight excluding hydrogens is 248 g/mol. The van der Waals surface area contributed by atoms with Crippen LogP contribution in [-0.2, 0) is 10.1 Å². The van der Waals surface area contributed by atoms with Crippen LogP contribution in [0.2, 0.25) is 0 Å². The van der Waals surface area contributed by atoms with Crippen molar-refractivity contribution in [3.63, 3.8) is 0 Å². The van der Waals surface area contributed by atoms with Crippen molar-refractivity contribution in [2.24, 2.45) is 0 Å². The molecule has 18 heavy (non-hydrogen) atoms. The average molecular weight is 270 g/mol. The predicted octanol–water partition coefficient (Wildman–Crippen LogP) is 3.93. The Morgan fingerprint density at radius 3 is 1.78 bits per heavy atom. The maximum atomic E-state index is 10.8. The third-order valence-electron chi connectivity index (χ3n) is 1.62. The number of hydrogen-bond donors (Lipinski definition) is 1. The smallest absolute Gasteiger partial charge is 0.282 e. The second-order valence-electron chi connectivity index (χ2n) is 3.56. The van der Waals surface area contributed by atoms with Crippen molar-refractivity contribution in [3.05, 3.63) is 54.6 Å². The Bertz CT molecular complexity index is 468. The van der Waals surface area contributed by atoms with Crippen LogP contribution >= 0.6 is 0 Å². The van der Waals surface area contributed by atoms with E-state index in [1.54, 1.807) is 38.1 Å². The van der Waals surface area contributed by atoms with Gasteiger partial charge in [0.25, 0.3) is 10.1 Å². The molecule has 0 amide bonds. The molecule has 0 heterocycles. The summed E-state index contributed by atoms with van der Waals surface area (Å²) in [5, 5.41) is 0. The largest absolute Gasteiger partial charge is 0.294 e. The van der Waals surface area contributed by atoms with Gasteiger partial charge in [0.2, 0.25) is 0 Å². The first-order valence-electron chi connectivity index (χ1n) is 5.43. The Balaban J connectivity index is 0. The van der Waals surface area contributed by atoms with Gasteiger partial charge >= 0.3 is 0 Å². The summed E-state index contributed by atoms with van der Waals surface area (Å²) in [6, 6.07) is 4.91. The zero-order chi connectivity index (χ0) is 14.8. The maximum Gasteiger partial charge on any atom is 0.294 e. The first-order valence-corrected chi connectivity index (χ1v) is 6.87. The van der Waals surface area contributed by atoms with Gasteiger partial charge in [0.05, 0.1) is 4.90 Å². The summed E-state index contributed by atoms with van der Waals surface area (Å²) in [5.41, 5.74) is 1.37. The molecule has 1 rings (SSSR count). The lowest BCUT2D eigenvalue weighted by atomic mass is 10.2. The van der Waals surface area contributed by atoms with Crippen LogP contribution in [0.3, 0.4) is 0 Å². The van der Waals surface area contributed by atoms with E-state index in [0.29, 0.717) is 5.56 Å². The minimum atomic E-state index is -4.06. The maximum absolute atomic E-state index is 10.8. The van der Waals surface area contributed by atoms with Crippen LogP contribution in [-0.4, -0.2) is 13.0 Å². The highest BCUT2D eigenvalue weighted by Crippen LogP contribution is 2.15. The molecular formula is C14H22O3S. The lowest BCUT2D eigenvalue weighted by molar-refractivity contribution is 0.482. The highest BCUT2D eigenvalue weighted by Gasteiger charge is 2.11. The van der Waals surface area contributed by atoms with E-state index in [1.807, 2.05) is 13.8 Å². The van der Waals surface area contributed by atoms with E-state index < -0.39 is 10.1 Å². The lowest BCUT2D eigenvalue weighted by Gasteiger charge is -2.02. The summed E-state index contributed by atoms with van der Waals surface area (Å²) in [4.78, 5) is -0.0116. The molecule has 1 aromatic carbocycles. The van der Waals surface area contributed by atoms with E-state index in [2.05, 4.69) is 13.2 Å². The van der Waals surface area contributed by atoms with E-state index in [-0.39, 0.29) is 4.90 Å². The standard InChI is InChI=1S/C8H10O3S.2C3H6/c1-6-3-4-7(2)8(5-6)12(9,10)11;2*1-3-2/h3-5H,1-2H3,(H,9,10,11);2*3H,1H2,2H3. The van der Waals surface area contributed by atoms with Crippen molar-refractivity contribution in [2.75, 3.05) is 0 Å². The Kier molecular flexibility index (Phi) is 10.1. The molecule has 0 fully saturated rings. The topological polar surface area (TPSA) is 54.4 Å². The van der Waals surface area contributed by atoms with Crippen LogP contribution in [0.15, 0.2) is 48.4 Å². The molecule has 0 aliphatic carbocycles. The summed E-state index contributed by atoms with van der Waals surface area (Å²) in [6.07, 6.45) is 3.50. The molecule has 0 saturated heterocycles. The number of rotatable bonds is 1. The molecule has 0 radical (unpaired) electrons. The van der Waals surface area contributed by atoms with Crippen LogP contribution < -0.4 is 0 Å². The first kappa shape index (κ1) is 19.0. The molecule has 0 aliphatic heterocycles. The lowest BCUT2D eigenvalue weighted by Crippen LogP contribution is -2.00. The van der Waals surface area contributed by atoms with E-state index in [4.69, 9.17) is 4.55 Å². The molecule has 0 saturated carbocycles. The van der Waals surface area contributed by atoms with Gasteiger partial charge in [0.1, 0.15) is 0 Å². The quantitative estimate of drug-likeness (QED) is 0.621. The molecule has 0 atom stereocenters. The van der Waals surface area contributed by atoms with Crippen molar-refractivity contribution in [3.8, 4) is 0 Å². The van der Waals surface area contributed by atoms with Gasteiger partial charge in [-0.1, -0.05) is 24.3 Å². The van der Waals surface area contributed by atoms with Crippen LogP contribution in [0.4, 0.5) is 0 Å². The minimum Gasteiger partial charge on any atom is -0.282 e. The van der Waals surface area contributed by atoms with Crippen LogP contribution in [0.25, 0.3) is 0 Å². The van der Waals surface area contributed by atoms with E-state index >= 15 is 0 Å². The summed E-state index contributed by atoms with van der Waals surface area (Å²) >= 11 is 0. The second-order valence-corrected chi connectivity index (χ2v) is 4.95. The minimum absolute atomic E-state index is 0.0116. The van der Waals surface area contributed by atoms with Crippen molar-refractivity contribution >= 4 is 10.1 Å². The Labute approximate surface area is 111 Å². The summed E-state index contributed by atoms with van der Waals surface area (Å²) in [7, 11) is -4.06. The van der Waals surface area contributed by atoms with Crippen LogP contribution in [0.1, 0.15) is 25.0 Å². The molecule has 0 bridgehead atoms. The van der Waals surface area contributed by atoms with Gasteiger partial charge in [-0.3, -0.25) is 4.55 Å². The summed E-state index contributed by atoms with van der Waals surface area (Å²) < 4.78 is 30.3. The monoisotopic (exact) mass is 270 g/mol. The second kappa shape index (κ2) is 9.62. The first-order chi connectivity index (χ1) is 8.24. The summed E-state index contributed by atoms with van der Waals surface area (Å²) in [6.45, 7) is 13.9. The molecule has 3 nitrogen and oxygen atoms in total. The molecule has 0 unspecified atom stereocenters. The Morgan fingerprint density at radius 1 is 1.11 bits per heavy atom. The third-order valence-corrected chi connectivity index (χ3v) is 2.62. The zero-order valence-electron chi connectivity index (χ0n) is 11.5. The van der Waals surface area contributed by atoms with Gasteiger partial charge in [-0.05, 0) is 44.9 Å². The zero-order valence-corrected chi connectivity index (χ0v) is 12.3. The van der Waals surface area contributed by atoms with Gasteiger partial charge in [0, 0.05) is 0 Å². The number of benzene rings is 1. The molecule has 102 valence electrons. The number of hydrogen-bond acceptors (Lipinski definition) is 2. The highest BCUT2D eigenvalue weighted by molar-refractivity contribution is 7.85. The number of allylic oxidation sites excluding steroid dienone is 2.